The lowest BCUT2D eigenvalue weighted by atomic mass is 10.3. The third-order valence-electron chi connectivity index (χ3n) is 3.02. The van der Waals surface area contributed by atoms with Crippen LogP contribution < -0.4 is 10.6 Å². The molecule has 0 atom stereocenters. The molecule has 0 aliphatic heterocycles. The molecule has 0 amide bonds. The van der Waals surface area contributed by atoms with Gasteiger partial charge in [0.2, 0.25) is 0 Å². The summed E-state index contributed by atoms with van der Waals surface area (Å²) in [6.45, 7) is 5.58. The molecular weight excluding hydrogens is 266 g/mol. The van der Waals surface area contributed by atoms with Crippen LogP contribution in [0.5, 0.6) is 0 Å². The molecule has 0 fully saturated rings. The van der Waals surface area contributed by atoms with Crippen LogP contribution in [-0.2, 0) is 0 Å². The number of halogens is 1. The first-order valence-corrected chi connectivity index (χ1v) is 6.96. The number of nitrogens with one attached hydrogen (secondary N) is 1. The van der Waals surface area contributed by atoms with Gasteiger partial charge in [-0.2, -0.15) is 5.10 Å². The predicted molar refractivity (Wildman–Crippen MR) is 76.2 cm³/mol. The van der Waals surface area contributed by atoms with Crippen LogP contribution >= 0.6 is 11.6 Å². The Bertz CT molecular complexity index is 606. The minimum atomic E-state index is -0.260. The van der Waals surface area contributed by atoms with Crippen molar-refractivity contribution in [1.82, 2.24) is 19.6 Å². The van der Waals surface area contributed by atoms with Crippen molar-refractivity contribution in [2.75, 3.05) is 23.9 Å². The average Bonchev–Trinajstić information content (AvgIpc) is 2.76. The number of nitrogens with zero attached hydrogens (tertiary/aromatic N) is 4. The standard InChI is InChI=1S/C12H18ClN5O/c1-3-4-6-17(7-5-13)10-8-11-15-16-12(19)18(11)9(2)14-10/h8H,3-7H2,1-2H3,(H,16,19). The first kappa shape index (κ1) is 13.9. The second kappa shape index (κ2) is 6.06. The number of unbranched alkanes of at least 4 members (excludes halogenated alkanes) is 1. The van der Waals surface area contributed by atoms with Gasteiger partial charge in [-0.25, -0.2) is 19.3 Å². The monoisotopic (exact) mass is 283 g/mol. The summed E-state index contributed by atoms with van der Waals surface area (Å²) in [5.41, 5.74) is 0.326. The molecule has 19 heavy (non-hydrogen) atoms. The Morgan fingerprint density at radius 1 is 1.47 bits per heavy atom. The number of aromatic nitrogens is 4. The van der Waals surface area contributed by atoms with E-state index in [4.69, 9.17) is 11.6 Å². The second-order valence-electron chi connectivity index (χ2n) is 4.41. The van der Waals surface area contributed by atoms with Crippen LogP contribution in [0.2, 0.25) is 0 Å². The third kappa shape index (κ3) is 2.89. The Balaban J connectivity index is 2.39. The zero-order valence-corrected chi connectivity index (χ0v) is 11.9. The maximum absolute atomic E-state index is 11.5. The summed E-state index contributed by atoms with van der Waals surface area (Å²) in [6.07, 6.45) is 2.19. The molecule has 2 heterocycles. The summed E-state index contributed by atoms with van der Waals surface area (Å²) in [5.74, 6) is 1.99. The minimum absolute atomic E-state index is 0.260. The molecule has 104 valence electrons. The highest BCUT2D eigenvalue weighted by molar-refractivity contribution is 6.18. The quantitative estimate of drug-likeness (QED) is 0.817. The first-order valence-electron chi connectivity index (χ1n) is 6.43. The van der Waals surface area contributed by atoms with E-state index in [9.17, 15) is 4.79 Å². The van der Waals surface area contributed by atoms with Crippen molar-refractivity contribution in [1.29, 1.82) is 0 Å². The fourth-order valence-corrected chi connectivity index (χ4v) is 2.24. The molecule has 0 aromatic carbocycles. The summed E-state index contributed by atoms with van der Waals surface area (Å²) in [4.78, 5) is 18.2. The molecule has 0 spiro atoms. The molecule has 0 bridgehead atoms. The highest BCUT2D eigenvalue weighted by atomic mass is 35.5. The fraction of sp³-hybridized carbons (Fsp3) is 0.583. The molecule has 7 heteroatoms. The van der Waals surface area contributed by atoms with E-state index in [1.54, 1.807) is 6.92 Å². The van der Waals surface area contributed by atoms with Gasteiger partial charge in [0, 0.05) is 25.0 Å². The smallest absolute Gasteiger partial charge is 0.349 e. The van der Waals surface area contributed by atoms with Crippen molar-refractivity contribution in [3.63, 3.8) is 0 Å². The van der Waals surface area contributed by atoms with Gasteiger partial charge in [-0.05, 0) is 13.3 Å². The van der Waals surface area contributed by atoms with E-state index in [1.807, 2.05) is 6.07 Å². The summed E-state index contributed by atoms with van der Waals surface area (Å²) < 4.78 is 1.46. The van der Waals surface area contributed by atoms with Gasteiger partial charge < -0.3 is 4.90 Å². The lowest BCUT2D eigenvalue weighted by Gasteiger charge is -2.22. The van der Waals surface area contributed by atoms with E-state index in [0.717, 1.165) is 31.7 Å². The number of H-pyrrole nitrogens is 1. The lowest BCUT2D eigenvalue weighted by molar-refractivity contribution is 0.721. The largest absolute Gasteiger partial charge is 0.355 e. The normalized spacial score (nSPS) is 11.1. The minimum Gasteiger partial charge on any atom is -0.355 e. The van der Waals surface area contributed by atoms with Gasteiger partial charge in [0.15, 0.2) is 5.65 Å². The lowest BCUT2D eigenvalue weighted by Crippen LogP contribution is -2.28. The Hall–Kier alpha value is -1.56. The van der Waals surface area contributed by atoms with Crippen molar-refractivity contribution in [3.05, 3.63) is 22.4 Å². The summed E-state index contributed by atoms with van der Waals surface area (Å²) in [5, 5.41) is 6.42. The Labute approximate surface area is 116 Å². The van der Waals surface area contributed by atoms with Crippen LogP contribution in [0.3, 0.4) is 0 Å². The van der Waals surface area contributed by atoms with E-state index >= 15 is 0 Å². The van der Waals surface area contributed by atoms with Gasteiger partial charge in [-0.1, -0.05) is 13.3 Å². The number of aryl methyl sites for hydroxylation is 1. The average molecular weight is 284 g/mol. The second-order valence-corrected chi connectivity index (χ2v) is 4.79. The predicted octanol–water partition coefficient (Wildman–Crippen LogP) is 1.57. The summed E-state index contributed by atoms with van der Waals surface area (Å²) in [6, 6.07) is 1.81. The highest BCUT2D eigenvalue weighted by Gasteiger charge is 2.12. The maximum atomic E-state index is 11.5. The molecule has 0 radical (unpaired) electrons. The van der Waals surface area contributed by atoms with Crippen LogP contribution in [0.1, 0.15) is 25.6 Å². The molecular formula is C12H18ClN5O. The molecule has 1 N–H and O–H groups in total. The van der Waals surface area contributed by atoms with Crippen molar-refractivity contribution < 1.29 is 0 Å². The van der Waals surface area contributed by atoms with Gasteiger partial charge in [0.05, 0.1) is 0 Å². The Morgan fingerprint density at radius 3 is 2.95 bits per heavy atom. The number of rotatable bonds is 6. The number of hydrogen-bond donors (Lipinski definition) is 1. The third-order valence-corrected chi connectivity index (χ3v) is 3.19. The van der Waals surface area contributed by atoms with E-state index in [0.29, 0.717) is 17.4 Å². The molecule has 0 saturated carbocycles. The molecule has 0 saturated heterocycles. The van der Waals surface area contributed by atoms with Crippen LogP contribution in [0.25, 0.3) is 5.65 Å². The van der Waals surface area contributed by atoms with Gasteiger partial charge in [-0.15, -0.1) is 11.6 Å². The Morgan fingerprint density at radius 2 is 2.26 bits per heavy atom. The van der Waals surface area contributed by atoms with Gasteiger partial charge in [0.25, 0.3) is 0 Å². The summed E-state index contributed by atoms with van der Waals surface area (Å²) in [7, 11) is 0. The Kier molecular flexibility index (Phi) is 4.42. The number of aromatic amines is 1. The van der Waals surface area contributed by atoms with Gasteiger partial charge >= 0.3 is 5.69 Å². The highest BCUT2D eigenvalue weighted by Crippen LogP contribution is 2.14. The van der Waals surface area contributed by atoms with E-state index in [2.05, 4.69) is 27.0 Å². The maximum Gasteiger partial charge on any atom is 0.349 e. The molecule has 2 aromatic heterocycles. The van der Waals surface area contributed by atoms with Crippen molar-refractivity contribution in [2.45, 2.75) is 26.7 Å². The van der Waals surface area contributed by atoms with Crippen LogP contribution in [-0.4, -0.2) is 38.6 Å². The fourth-order valence-electron chi connectivity index (χ4n) is 2.04. The first-order chi connectivity index (χ1) is 9.17. The van der Waals surface area contributed by atoms with Crippen molar-refractivity contribution in [2.24, 2.45) is 0 Å². The van der Waals surface area contributed by atoms with Crippen LogP contribution in [0, 0.1) is 6.92 Å². The van der Waals surface area contributed by atoms with Crippen LogP contribution in [0.4, 0.5) is 5.82 Å². The van der Waals surface area contributed by atoms with E-state index in [-0.39, 0.29) is 5.69 Å². The summed E-state index contributed by atoms with van der Waals surface area (Å²) >= 11 is 5.84. The number of anilines is 1. The van der Waals surface area contributed by atoms with Gasteiger partial charge in [0.1, 0.15) is 11.6 Å². The SMILES string of the molecule is CCCCN(CCCl)c1cc2n[nH]c(=O)n2c(C)n1. The van der Waals surface area contributed by atoms with Crippen molar-refractivity contribution >= 4 is 23.1 Å². The van der Waals surface area contributed by atoms with Crippen molar-refractivity contribution in [3.8, 4) is 0 Å². The van der Waals surface area contributed by atoms with Crippen LogP contribution in [0.15, 0.2) is 10.9 Å². The number of alkyl halides is 1. The molecule has 2 aromatic rings. The topological polar surface area (TPSA) is 66.3 Å². The number of hydrogen-bond acceptors (Lipinski definition) is 4. The molecule has 0 unspecified atom stereocenters. The van der Waals surface area contributed by atoms with E-state index < -0.39 is 0 Å². The molecule has 6 nitrogen and oxygen atoms in total. The molecule has 0 aliphatic carbocycles. The van der Waals surface area contributed by atoms with Gasteiger partial charge in [-0.3, -0.25) is 0 Å². The van der Waals surface area contributed by atoms with E-state index in [1.165, 1.54) is 4.40 Å². The zero-order chi connectivity index (χ0) is 13.8. The molecule has 2 rings (SSSR count). The zero-order valence-electron chi connectivity index (χ0n) is 11.2. The molecule has 0 aliphatic rings. The number of fused-ring (bicyclic) bond motifs is 1.